The Labute approximate surface area is 190 Å². The van der Waals surface area contributed by atoms with Crippen LogP contribution in [-0.4, -0.2) is 22.5 Å². The fourth-order valence-corrected chi connectivity index (χ4v) is 4.24. The lowest BCUT2D eigenvalue weighted by Gasteiger charge is -2.19. The summed E-state index contributed by atoms with van der Waals surface area (Å²) in [6.45, 7) is 4.00. The second-order valence-corrected chi connectivity index (χ2v) is 8.36. The minimum atomic E-state index is -0.944. The van der Waals surface area contributed by atoms with Gasteiger partial charge in [0.15, 0.2) is 17.4 Å². The van der Waals surface area contributed by atoms with Crippen LogP contribution in [0, 0.1) is 37.2 Å². The Balaban J connectivity index is 1.46. The number of aromatic nitrogens is 2. The number of carbonyl (C=O) groups excluding carboxylic acids is 1. The second kappa shape index (κ2) is 9.21. The summed E-state index contributed by atoms with van der Waals surface area (Å²) in [4.78, 5) is 21.3. The van der Waals surface area contributed by atoms with Gasteiger partial charge in [-0.2, -0.15) is 0 Å². The lowest BCUT2D eigenvalue weighted by Crippen LogP contribution is -2.22. The van der Waals surface area contributed by atoms with Crippen LogP contribution in [0.25, 0.3) is 0 Å². The van der Waals surface area contributed by atoms with Gasteiger partial charge >= 0.3 is 0 Å². The molecule has 0 saturated heterocycles. The molecule has 4 rings (SSSR count). The predicted molar refractivity (Wildman–Crippen MR) is 117 cm³/mol. The van der Waals surface area contributed by atoms with Gasteiger partial charge in [-0.3, -0.25) is 4.79 Å². The number of hydrogen-bond acceptors (Lipinski definition) is 4. The summed E-state index contributed by atoms with van der Waals surface area (Å²) in [5.74, 6) is -1.69. The molecule has 1 aromatic heterocycles. The highest BCUT2D eigenvalue weighted by Crippen LogP contribution is 2.58. The topological polar surface area (TPSA) is 64.1 Å². The van der Waals surface area contributed by atoms with E-state index in [0.29, 0.717) is 48.7 Å². The van der Waals surface area contributed by atoms with Crippen LogP contribution in [0.1, 0.15) is 36.3 Å². The van der Waals surface area contributed by atoms with Crippen molar-refractivity contribution in [2.24, 2.45) is 5.92 Å². The maximum absolute atomic E-state index is 14.0. The summed E-state index contributed by atoms with van der Waals surface area (Å²) in [6.07, 6.45) is 3.26. The molecule has 1 saturated carbocycles. The van der Waals surface area contributed by atoms with Gasteiger partial charge < -0.3 is 10.1 Å². The van der Waals surface area contributed by atoms with Crippen LogP contribution < -0.4 is 10.1 Å². The SMILES string of the molecule is Cc1ncc(OCCC[C@@]2(c3ccc(F)c(F)c3)C[C@H]2C(=O)Nc2ccc(F)cc2)c(C)n1. The number of benzene rings is 2. The average Bonchev–Trinajstić information content (AvgIpc) is 3.52. The fraction of sp³-hybridized carbons (Fsp3) is 0.320. The highest BCUT2D eigenvalue weighted by molar-refractivity contribution is 5.96. The van der Waals surface area contributed by atoms with E-state index in [0.717, 1.165) is 11.8 Å². The number of aryl methyl sites for hydroxylation is 2. The number of ether oxygens (including phenoxy) is 1. The van der Waals surface area contributed by atoms with E-state index in [-0.39, 0.29) is 5.91 Å². The van der Waals surface area contributed by atoms with Crippen molar-refractivity contribution < 1.29 is 22.7 Å². The zero-order valence-electron chi connectivity index (χ0n) is 18.4. The van der Waals surface area contributed by atoms with Gasteiger partial charge in [0, 0.05) is 17.0 Å². The number of halogens is 3. The van der Waals surface area contributed by atoms with E-state index in [2.05, 4.69) is 15.3 Å². The highest BCUT2D eigenvalue weighted by Gasteiger charge is 2.58. The summed E-state index contributed by atoms with van der Waals surface area (Å²) >= 11 is 0. The smallest absolute Gasteiger partial charge is 0.228 e. The van der Waals surface area contributed by atoms with E-state index in [1.807, 2.05) is 6.92 Å². The van der Waals surface area contributed by atoms with E-state index in [9.17, 15) is 18.0 Å². The molecular formula is C25H24F3N3O2. The first-order valence-electron chi connectivity index (χ1n) is 10.7. The fourth-order valence-electron chi connectivity index (χ4n) is 4.24. The molecule has 1 amide bonds. The molecule has 0 spiro atoms. The maximum Gasteiger partial charge on any atom is 0.228 e. The minimum absolute atomic E-state index is 0.241. The van der Waals surface area contributed by atoms with Gasteiger partial charge in [0.25, 0.3) is 0 Å². The lowest BCUT2D eigenvalue weighted by atomic mass is 9.88. The third kappa shape index (κ3) is 4.99. The van der Waals surface area contributed by atoms with Gasteiger partial charge in [0.1, 0.15) is 11.6 Å². The van der Waals surface area contributed by atoms with Gasteiger partial charge in [-0.05, 0) is 75.1 Å². The molecule has 0 bridgehead atoms. The Morgan fingerprint density at radius 3 is 2.58 bits per heavy atom. The Kier molecular flexibility index (Phi) is 6.35. The Morgan fingerprint density at radius 1 is 1.12 bits per heavy atom. The Hall–Kier alpha value is -3.42. The number of nitrogens with zero attached hydrogens (tertiary/aromatic N) is 2. The van der Waals surface area contributed by atoms with Crippen LogP contribution >= 0.6 is 0 Å². The van der Waals surface area contributed by atoms with Crippen LogP contribution in [0.3, 0.4) is 0 Å². The predicted octanol–water partition coefficient (Wildman–Crippen LogP) is 5.27. The van der Waals surface area contributed by atoms with Crippen molar-refractivity contribution in [3.8, 4) is 5.75 Å². The molecule has 1 N–H and O–H groups in total. The zero-order chi connectivity index (χ0) is 23.6. The van der Waals surface area contributed by atoms with Crippen molar-refractivity contribution in [1.82, 2.24) is 9.97 Å². The molecular weight excluding hydrogens is 431 g/mol. The normalized spacial score (nSPS) is 19.2. The third-order valence-corrected chi connectivity index (χ3v) is 6.08. The standard InChI is InChI=1S/C25H24F3N3O2/c1-15-23(14-29-16(2)30-15)33-11-3-10-25(17-4-9-21(27)22(28)12-17)13-20(25)24(32)31-19-7-5-18(26)6-8-19/h4-9,12,14,20H,3,10-11,13H2,1-2H3,(H,31,32)/t20-,25-/m0/s1. The quantitative estimate of drug-likeness (QED) is 0.470. The molecule has 33 heavy (non-hydrogen) atoms. The van der Waals surface area contributed by atoms with Crippen molar-refractivity contribution in [3.05, 3.63) is 83.2 Å². The van der Waals surface area contributed by atoms with E-state index in [4.69, 9.17) is 4.74 Å². The molecule has 1 heterocycles. The maximum atomic E-state index is 14.0. The molecule has 0 radical (unpaired) electrons. The Bertz CT molecular complexity index is 1170. The first kappa shape index (κ1) is 22.8. The molecule has 172 valence electrons. The number of anilines is 1. The van der Waals surface area contributed by atoms with Crippen LogP contribution in [0.2, 0.25) is 0 Å². The van der Waals surface area contributed by atoms with Crippen molar-refractivity contribution >= 4 is 11.6 Å². The molecule has 2 aromatic carbocycles. The first-order chi connectivity index (χ1) is 15.8. The van der Waals surface area contributed by atoms with Crippen molar-refractivity contribution in [2.45, 2.75) is 38.5 Å². The number of rotatable bonds is 8. The van der Waals surface area contributed by atoms with E-state index in [1.54, 1.807) is 13.1 Å². The van der Waals surface area contributed by atoms with E-state index < -0.39 is 28.8 Å². The number of nitrogens with one attached hydrogen (secondary N) is 1. The summed E-state index contributed by atoms with van der Waals surface area (Å²) in [6, 6.07) is 9.27. The molecule has 2 atom stereocenters. The third-order valence-electron chi connectivity index (χ3n) is 6.08. The van der Waals surface area contributed by atoms with Crippen molar-refractivity contribution in [3.63, 3.8) is 0 Å². The largest absolute Gasteiger partial charge is 0.490 e. The molecule has 1 aliphatic rings. The molecule has 3 aromatic rings. The van der Waals surface area contributed by atoms with E-state index >= 15 is 0 Å². The van der Waals surface area contributed by atoms with Gasteiger partial charge in [-0.25, -0.2) is 23.1 Å². The van der Waals surface area contributed by atoms with E-state index in [1.165, 1.54) is 36.4 Å². The Morgan fingerprint density at radius 2 is 1.88 bits per heavy atom. The highest BCUT2D eigenvalue weighted by atomic mass is 19.2. The lowest BCUT2D eigenvalue weighted by molar-refractivity contribution is -0.117. The van der Waals surface area contributed by atoms with Crippen LogP contribution in [0.4, 0.5) is 18.9 Å². The monoisotopic (exact) mass is 455 g/mol. The van der Waals surface area contributed by atoms with Crippen LogP contribution in [-0.2, 0) is 10.2 Å². The first-order valence-corrected chi connectivity index (χ1v) is 10.7. The van der Waals surface area contributed by atoms with Crippen LogP contribution in [0.5, 0.6) is 5.75 Å². The van der Waals surface area contributed by atoms with Crippen LogP contribution in [0.15, 0.2) is 48.7 Å². The molecule has 5 nitrogen and oxygen atoms in total. The molecule has 0 unspecified atom stereocenters. The number of hydrogen-bond donors (Lipinski definition) is 1. The summed E-state index contributed by atoms with van der Waals surface area (Å²) in [7, 11) is 0. The molecule has 8 heteroatoms. The van der Waals surface area contributed by atoms with Gasteiger partial charge in [-0.15, -0.1) is 0 Å². The molecule has 0 aliphatic heterocycles. The van der Waals surface area contributed by atoms with Gasteiger partial charge in [-0.1, -0.05) is 6.07 Å². The van der Waals surface area contributed by atoms with Crippen molar-refractivity contribution in [2.75, 3.05) is 11.9 Å². The summed E-state index contributed by atoms with van der Waals surface area (Å²) in [5, 5.41) is 2.79. The average molecular weight is 455 g/mol. The molecule has 1 aliphatic carbocycles. The number of carbonyl (C=O) groups is 1. The van der Waals surface area contributed by atoms with Gasteiger partial charge in [0.05, 0.1) is 18.5 Å². The summed E-state index contributed by atoms with van der Waals surface area (Å²) in [5.41, 5.74) is 1.17. The second-order valence-electron chi connectivity index (χ2n) is 8.36. The van der Waals surface area contributed by atoms with Crippen molar-refractivity contribution in [1.29, 1.82) is 0 Å². The summed E-state index contributed by atoms with van der Waals surface area (Å²) < 4.78 is 46.5. The number of amides is 1. The van der Waals surface area contributed by atoms with Gasteiger partial charge in [0.2, 0.25) is 5.91 Å². The zero-order valence-corrected chi connectivity index (χ0v) is 18.4. The molecule has 1 fully saturated rings. The minimum Gasteiger partial charge on any atom is -0.490 e.